The summed E-state index contributed by atoms with van der Waals surface area (Å²) < 4.78 is 0. The van der Waals surface area contributed by atoms with Crippen molar-refractivity contribution in [3.05, 3.63) is 0 Å². The summed E-state index contributed by atoms with van der Waals surface area (Å²) in [4.78, 5) is 0. The van der Waals surface area contributed by atoms with Crippen LogP contribution in [0.15, 0.2) is 0 Å². The van der Waals surface area contributed by atoms with Crippen molar-refractivity contribution < 1.29 is 5.11 Å². The second-order valence-corrected chi connectivity index (χ2v) is 7.40. The van der Waals surface area contributed by atoms with Crippen LogP contribution in [0.4, 0.5) is 0 Å². The van der Waals surface area contributed by atoms with Gasteiger partial charge in [0, 0.05) is 6.04 Å². The summed E-state index contributed by atoms with van der Waals surface area (Å²) in [5, 5.41) is 14.6. The van der Waals surface area contributed by atoms with Gasteiger partial charge in [0.05, 0.1) is 5.60 Å². The van der Waals surface area contributed by atoms with Gasteiger partial charge >= 0.3 is 0 Å². The van der Waals surface area contributed by atoms with Gasteiger partial charge in [-0.05, 0) is 55.9 Å². The van der Waals surface area contributed by atoms with Crippen LogP contribution in [0.1, 0.15) is 59.8 Å². The lowest BCUT2D eigenvalue weighted by Gasteiger charge is -2.51. The van der Waals surface area contributed by atoms with Gasteiger partial charge in [-0.25, -0.2) is 0 Å². The number of hydrogen-bond acceptors (Lipinski definition) is 2. The number of piperidine rings is 1. The fourth-order valence-electron chi connectivity index (χ4n) is 3.90. The number of nitrogens with one attached hydrogen (secondary N) is 1. The van der Waals surface area contributed by atoms with Crippen LogP contribution in [0.3, 0.4) is 0 Å². The Bertz CT molecular complexity index is 276. The number of aliphatic hydroxyl groups is 1. The zero-order valence-electron chi connectivity index (χ0n) is 11.9. The monoisotopic (exact) mass is 239 g/mol. The first-order valence-electron chi connectivity index (χ1n) is 7.29. The summed E-state index contributed by atoms with van der Waals surface area (Å²) in [6.07, 6.45) is 5.66. The maximum absolute atomic E-state index is 11.1. The Hall–Kier alpha value is -0.0800. The molecule has 0 spiro atoms. The van der Waals surface area contributed by atoms with Crippen molar-refractivity contribution in [2.75, 3.05) is 6.54 Å². The summed E-state index contributed by atoms with van der Waals surface area (Å²) in [7, 11) is 0. The van der Waals surface area contributed by atoms with Crippen LogP contribution in [0, 0.1) is 17.3 Å². The zero-order valence-corrected chi connectivity index (χ0v) is 11.9. The molecule has 4 atom stereocenters. The van der Waals surface area contributed by atoms with Gasteiger partial charge in [0.2, 0.25) is 0 Å². The molecular weight excluding hydrogens is 210 g/mol. The summed E-state index contributed by atoms with van der Waals surface area (Å²) in [5.41, 5.74) is -0.0594. The Morgan fingerprint density at radius 1 is 1.18 bits per heavy atom. The van der Waals surface area contributed by atoms with Gasteiger partial charge in [0.25, 0.3) is 0 Å². The molecule has 2 nitrogen and oxygen atoms in total. The van der Waals surface area contributed by atoms with E-state index in [0.717, 1.165) is 38.1 Å². The molecule has 0 aromatic carbocycles. The van der Waals surface area contributed by atoms with Gasteiger partial charge in [-0.1, -0.05) is 27.7 Å². The molecule has 100 valence electrons. The standard InChI is InChI=1S/C15H29NO/c1-11-5-8-16-13(9-11)15(17)7-6-14(3,4)10-12(15)2/h11-13,16-17H,5-10H2,1-4H3. The van der Waals surface area contributed by atoms with E-state index in [1.165, 1.54) is 6.42 Å². The van der Waals surface area contributed by atoms with Crippen LogP contribution >= 0.6 is 0 Å². The van der Waals surface area contributed by atoms with E-state index in [-0.39, 0.29) is 0 Å². The van der Waals surface area contributed by atoms with Gasteiger partial charge < -0.3 is 10.4 Å². The van der Waals surface area contributed by atoms with E-state index in [2.05, 4.69) is 33.0 Å². The Morgan fingerprint density at radius 3 is 2.47 bits per heavy atom. The first-order valence-corrected chi connectivity index (χ1v) is 7.29. The zero-order chi connectivity index (χ0) is 12.7. The first-order chi connectivity index (χ1) is 7.83. The lowest BCUT2D eigenvalue weighted by atomic mass is 9.62. The van der Waals surface area contributed by atoms with Crippen molar-refractivity contribution >= 4 is 0 Å². The molecule has 1 saturated heterocycles. The van der Waals surface area contributed by atoms with Crippen LogP contribution in [-0.4, -0.2) is 23.3 Å². The third kappa shape index (κ3) is 2.68. The fourth-order valence-corrected chi connectivity index (χ4v) is 3.90. The highest BCUT2D eigenvalue weighted by atomic mass is 16.3. The highest BCUT2D eigenvalue weighted by Gasteiger charge is 2.48. The molecule has 2 aliphatic rings. The average molecular weight is 239 g/mol. The second-order valence-electron chi connectivity index (χ2n) is 7.40. The maximum atomic E-state index is 11.1. The van der Waals surface area contributed by atoms with Crippen LogP contribution in [0.25, 0.3) is 0 Å². The average Bonchev–Trinajstić information content (AvgIpc) is 2.24. The summed E-state index contributed by atoms with van der Waals surface area (Å²) in [6.45, 7) is 10.3. The predicted molar refractivity (Wildman–Crippen MR) is 71.9 cm³/mol. The lowest BCUT2D eigenvalue weighted by molar-refractivity contribution is -0.104. The molecule has 1 aliphatic carbocycles. The van der Waals surface area contributed by atoms with E-state index in [1.807, 2.05) is 0 Å². The molecule has 2 fully saturated rings. The summed E-state index contributed by atoms with van der Waals surface area (Å²) in [6, 6.07) is 0.317. The predicted octanol–water partition coefficient (Wildman–Crippen LogP) is 2.95. The normalized spacial score (nSPS) is 46.8. The molecule has 1 heterocycles. The molecule has 0 radical (unpaired) electrons. The van der Waals surface area contributed by atoms with Crippen molar-refractivity contribution in [2.24, 2.45) is 17.3 Å². The number of hydrogen-bond donors (Lipinski definition) is 2. The highest BCUT2D eigenvalue weighted by Crippen LogP contribution is 2.46. The van der Waals surface area contributed by atoms with E-state index in [0.29, 0.717) is 17.4 Å². The molecule has 1 saturated carbocycles. The second kappa shape index (κ2) is 4.55. The van der Waals surface area contributed by atoms with E-state index in [1.54, 1.807) is 0 Å². The SMILES string of the molecule is CC1CCNC(C2(O)CCC(C)(C)CC2C)C1. The summed E-state index contributed by atoms with van der Waals surface area (Å²) in [5.74, 6) is 1.17. The Morgan fingerprint density at radius 2 is 1.88 bits per heavy atom. The molecule has 2 rings (SSSR count). The molecule has 17 heavy (non-hydrogen) atoms. The van der Waals surface area contributed by atoms with E-state index in [9.17, 15) is 5.11 Å². The Labute approximate surface area is 106 Å². The largest absolute Gasteiger partial charge is 0.388 e. The Kier molecular flexibility index (Phi) is 3.57. The van der Waals surface area contributed by atoms with Crippen LogP contribution in [-0.2, 0) is 0 Å². The third-order valence-corrected chi connectivity index (χ3v) is 5.18. The van der Waals surface area contributed by atoms with Gasteiger partial charge in [-0.3, -0.25) is 0 Å². The summed E-state index contributed by atoms with van der Waals surface area (Å²) >= 11 is 0. The molecule has 0 aromatic rings. The van der Waals surface area contributed by atoms with Gasteiger partial charge in [-0.15, -0.1) is 0 Å². The molecule has 2 heteroatoms. The van der Waals surface area contributed by atoms with Gasteiger partial charge in [0.1, 0.15) is 0 Å². The Balaban J connectivity index is 2.08. The van der Waals surface area contributed by atoms with E-state index in [4.69, 9.17) is 0 Å². The van der Waals surface area contributed by atoms with Crippen LogP contribution in [0.2, 0.25) is 0 Å². The lowest BCUT2D eigenvalue weighted by Crippen LogP contribution is -2.59. The van der Waals surface area contributed by atoms with Crippen molar-refractivity contribution in [3.8, 4) is 0 Å². The van der Waals surface area contributed by atoms with Crippen molar-refractivity contribution in [1.29, 1.82) is 0 Å². The van der Waals surface area contributed by atoms with Crippen molar-refractivity contribution in [2.45, 2.75) is 71.4 Å². The minimum atomic E-state index is -0.468. The fraction of sp³-hybridized carbons (Fsp3) is 1.00. The van der Waals surface area contributed by atoms with E-state index >= 15 is 0 Å². The van der Waals surface area contributed by atoms with Crippen molar-refractivity contribution in [3.63, 3.8) is 0 Å². The smallest absolute Gasteiger partial charge is 0.0825 e. The maximum Gasteiger partial charge on any atom is 0.0825 e. The minimum Gasteiger partial charge on any atom is -0.388 e. The van der Waals surface area contributed by atoms with Gasteiger partial charge in [0.15, 0.2) is 0 Å². The molecule has 0 amide bonds. The van der Waals surface area contributed by atoms with Gasteiger partial charge in [-0.2, -0.15) is 0 Å². The van der Waals surface area contributed by atoms with Crippen molar-refractivity contribution in [1.82, 2.24) is 5.32 Å². The molecule has 1 aliphatic heterocycles. The third-order valence-electron chi connectivity index (χ3n) is 5.18. The number of rotatable bonds is 1. The van der Waals surface area contributed by atoms with Crippen LogP contribution < -0.4 is 5.32 Å². The van der Waals surface area contributed by atoms with E-state index < -0.39 is 5.60 Å². The molecular formula is C15H29NO. The molecule has 0 aromatic heterocycles. The quantitative estimate of drug-likeness (QED) is 0.737. The molecule has 4 unspecified atom stereocenters. The topological polar surface area (TPSA) is 32.3 Å². The highest BCUT2D eigenvalue weighted by molar-refractivity contribution is 5.02. The van der Waals surface area contributed by atoms with Crippen LogP contribution in [0.5, 0.6) is 0 Å². The molecule has 0 bridgehead atoms. The molecule has 2 N–H and O–H groups in total. The first kappa shape index (κ1) is 13.4. The minimum absolute atomic E-state index is 0.317.